The number of aromatic nitrogens is 2. The molecule has 0 radical (unpaired) electrons. The molecule has 0 aliphatic heterocycles. The van der Waals surface area contributed by atoms with Crippen molar-refractivity contribution >= 4 is 18.0 Å². The van der Waals surface area contributed by atoms with Crippen molar-refractivity contribution in [3.8, 4) is 11.1 Å². The first kappa shape index (κ1) is 24.0. The fourth-order valence-electron chi connectivity index (χ4n) is 4.21. The van der Waals surface area contributed by atoms with Gasteiger partial charge in [-0.1, -0.05) is 48.5 Å². The highest BCUT2D eigenvalue weighted by atomic mass is 16.5. The Morgan fingerprint density at radius 2 is 1.71 bits per heavy atom. The minimum absolute atomic E-state index is 0.0879. The number of aliphatic hydroxyl groups excluding tert-OH is 1. The maximum atomic E-state index is 12.8. The van der Waals surface area contributed by atoms with Crippen molar-refractivity contribution in [2.45, 2.75) is 24.5 Å². The predicted octanol–water partition coefficient (Wildman–Crippen LogP) is 1.95. The summed E-state index contributed by atoms with van der Waals surface area (Å²) in [5, 5.41) is 27.3. The van der Waals surface area contributed by atoms with Crippen molar-refractivity contribution in [1.29, 1.82) is 0 Å². The number of carboxylic acids is 1. The van der Waals surface area contributed by atoms with Gasteiger partial charge in [-0.3, -0.25) is 9.48 Å². The van der Waals surface area contributed by atoms with Gasteiger partial charge in [0.15, 0.2) is 6.10 Å². The molecule has 2 amide bonds. The van der Waals surface area contributed by atoms with E-state index in [2.05, 4.69) is 15.7 Å². The van der Waals surface area contributed by atoms with Crippen molar-refractivity contribution in [2.24, 2.45) is 7.05 Å². The molecular weight excluding hydrogens is 452 g/mol. The summed E-state index contributed by atoms with van der Waals surface area (Å²) in [6.07, 6.45) is 0.482. The third kappa shape index (κ3) is 5.33. The lowest BCUT2D eigenvalue weighted by Gasteiger charge is -2.19. The lowest BCUT2D eigenvalue weighted by atomic mass is 9.98. The van der Waals surface area contributed by atoms with Crippen molar-refractivity contribution in [3.05, 3.63) is 77.6 Å². The third-order valence-corrected chi connectivity index (χ3v) is 5.93. The van der Waals surface area contributed by atoms with Gasteiger partial charge in [-0.05, 0) is 22.3 Å². The summed E-state index contributed by atoms with van der Waals surface area (Å²) in [5.74, 6) is -2.08. The molecule has 4 N–H and O–H groups in total. The van der Waals surface area contributed by atoms with Crippen LogP contribution in [0.1, 0.15) is 35.1 Å². The number of nitrogens with one attached hydrogen (secondary N) is 2. The Morgan fingerprint density at radius 3 is 2.29 bits per heavy atom. The van der Waals surface area contributed by atoms with Crippen LogP contribution in [-0.2, 0) is 21.4 Å². The highest BCUT2D eigenvalue weighted by molar-refractivity contribution is 5.87. The fourth-order valence-corrected chi connectivity index (χ4v) is 4.21. The van der Waals surface area contributed by atoms with Crippen LogP contribution in [0.25, 0.3) is 11.1 Å². The average Bonchev–Trinajstić information content (AvgIpc) is 3.42. The molecule has 182 valence electrons. The zero-order chi connectivity index (χ0) is 24.9. The number of nitrogens with zero attached hydrogens (tertiary/aromatic N) is 2. The van der Waals surface area contributed by atoms with Gasteiger partial charge in [-0.25, -0.2) is 9.59 Å². The number of hydrogen-bond acceptors (Lipinski definition) is 6. The maximum Gasteiger partial charge on any atom is 0.408 e. The Morgan fingerprint density at radius 1 is 1.09 bits per heavy atom. The number of aliphatic carboxylic acids is 1. The molecule has 0 saturated carbocycles. The quantitative estimate of drug-likeness (QED) is 0.368. The van der Waals surface area contributed by atoms with Crippen molar-refractivity contribution < 1.29 is 29.3 Å². The summed E-state index contributed by atoms with van der Waals surface area (Å²) >= 11 is 0. The summed E-state index contributed by atoms with van der Waals surface area (Å²) in [4.78, 5) is 36.3. The minimum Gasteiger partial charge on any atom is -0.479 e. The molecule has 4 rings (SSSR count). The lowest BCUT2D eigenvalue weighted by Crippen LogP contribution is -2.41. The third-order valence-electron chi connectivity index (χ3n) is 5.93. The Bertz CT molecular complexity index is 1190. The van der Waals surface area contributed by atoms with E-state index in [0.717, 1.165) is 22.3 Å². The van der Waals surface area contributed by atoms with Gasteiger partial charge in [0.25, 0.3) is 0 Å². The van der Waals surface area contributed by atoms with Gasteiger partial charge in [0, 0.05) is 37.7 Å². The van der Waals surface area contributed by atoms with Crippen molar-refractivity contribution in [3.63, 3.8) is 0 Å². The molecule has 3 aromatic rings. The SMILES string of the molecule is Cn1cc(C(NC(=O)OCC2c3ccccc3-c3ccccc32)C(=O)NCCC(O)C(=O)O)cn1. The van der Waals surface area contributed by atoms with Crippen LogP contribution in [0.15, 0.2) is 60.9 Å². The van der Waals surface area contributed by atoms with E-state index >= 15 is 0 Å². The Labute approximate surface area is 201 Å². The van der Waals surface area contributed by atoms with E-state index in [1.165, 1.54) is 10.9 Å². The number of fused-ring (bicyclic) bond motifs is 3. The molecule has 1 aromatic heterocycles. The van der Waals surface area contributed by atoms with Gasteiger partial charge in [-0.15, -0.1) is 0 Å². The largest absolute Gasteiger partial charge is 0.479 e. The Balaban J connectivity index is 1.42. The number of benzene rings is 2. The minimum atomic E-state index is -1.60. The molecule has 0 saturated heterocycles. The van der Waals surface area contributed by atoms with Crippen LogP contribution in [0.3, 0.4) is 0 Å². The highest BCUT2D eigenvalue weighted by Gasteiger charge is 2.30. The Kier molecular flexibility index (Phi) is 7.11. The zero-order valence-electron chi connectivity index (χ0n) is 19.0. The number of carboxylic acid groups (broad SMARTS) is 1. The molecule has 10 nitrogen and oxygen atoms in total. The van der Waals surface area contributed by atoms with Gasteiger partial charge in [-0.2, -0.15) is 5.10 Å². The van der Waals surface area contributed by atoms with E-state index in [9.17, 15) is 19.5 Å². The van der Waals surface area contributed by atoms with E-state index in [1.54, 1.807) is 13.2 Å². The van der Waals surface area contributed by atoms with Gasteiger partial charge in [0.1, 0.15) is 12.6 Å². The number of aryl methyl sites for hydroxylation is 1. The molecule has 2 unspecified atom stereocenters. The van der Waals surface area contributed by atoms with Crippen molar-refractivity contribution in [2.75, 3.05) is 13.2 Å². The number of aliphatic hydroxyl groups is 1. The normalized spacial score (nSPS) is 13.9. The Hall–Kier alpha value is -4.18. The van der Waals surface area contributed by atoms with Crippen LogP contribution in [0.2, 0.25) is 0 Å². The summed E-state index contributed by atoms with van der Waals surface area (Å²) in [6.45, 7) is 0.00146. The highest BCUT2D eigenvalue weighted by Crippen LogP contribution is 2.44. The first-order valence-corrected chi connectivity index (χ1v) is 11.1. The van der Waals surface area contributed by atoms with Gasteiger partial charge in [0.05, 0.1) is 6.20 Å². The second kappa shape index (κ2) is 10.4. The fraction of sp³-hybridized carbons (Fsp3) is 0.280. The summed E-state index contributed by atoms with van der Waals surface area (Å²) in [6, 6.07) is 14.8. The van der Waals surface area contributed by atoms with Crippen LogP contribution < -0.4 is 10.6 Å². The predicted molar refractivity (Wildman–Crippen MR) is 125 cm³/mol. The first-order chi connectivity index (χ1) is 16.8. The summed E-state index contributed by atoms with van der Waals surface area (Å²) in [5.41, 5.74) is 4.78. The molecule has 2 aromatic carbocycles. The molecule has 10 heteroatoms. The number of hydrogen-bond donors (Lipinski definition) is 4. The van der Waals surface area contributed by atoms with E-state index in [0.29, 0.717) is 5.56 Å². The first-order valence-electron chi connectivity index (χ1n) is 11.1. The number of rotatable bonds is 9. The van der Waals surface area contributed by atoms with Gasteiger partial charge in [0.2, 0.25) is 5.91 Å². The molecule has 1 aliphatic rings. The maximum absolute atomic E-state index is 12.8. The van der Waals surface area contributed by atoms with Crippen LogP contribution in [0, 0.1) is 0 Å². The van der Waals surface area contributed by atoms with Crippen LogP contribution >= 0.6 is 0 Å². The molecule has 0 fully saturated rings. The summed E-state index contributed by atoms with van der Waals surface area (Å²) in [7, 11) is 1.68. The number of carbonyl (C=O) groups is 3. The molecule has 2 atom stereocenters. The average molecular weight is 479 g/mol. The topological polar surface area (TPSA) is 143 Å². The smallest absolute Gasteiger partial charge is 0.408 e. The van der Waals surface area contributed by atoms with E-state index in [-0.39, 0.29) is 25.5 Å². The van der Waals surface area contributed by atoms with E-state index < -0.39 is 30.1 Å². The molecule has 1 heterocycles. The second-order valence-corrected chi connectivity index (χ2v) is 8.28. The monoisotopic (exact) mass is 478 g/mol. The number of alkyl carbamates (subject to hydrolysis) is 1. The number of amides is 2. The second-order valence-electron chi connectivity index (χ2n) is 8.28. The van der Waals surface area contributed by atoms with Gasteiger partial charge < -0.3 is 25.6 Å². The van der Waals surface area contributed by atoms with Crippen LogP contribution in [0.5, 0.6) is 0 Å². The molecule has 0 bridgehead atoms. The lowest BCUT2D eigenvalue weighted by molar-refractivity contribution is -0.147. The number of ether oxygens (including phenoxy) is 1. The standard InChI is InChI=1S/C25H26N4O6/c1-29-13-15(12-27-29)22(23(31)26-11-10-21(30)24(32)33)28-25(34)35-14-20-18-8-4-2-6-16(18)17-7-3-5-9-19(17)20/h2-9,12-13,20-22,30H,10-11,14H2,1H3,(H,26,31)(H,28,34)(H,32,33). The number of carbonyl (C=O) groups excluding carboxylic acids is 2. The molecule has 35 heavy (non-hydrogen) atoms. The van der Waals surface area contributed by atoms with Crippen LogP contribution in [-0.4, -0.2) is 57.2 Å². The van der Waals surface area contributed by atoms with Gasteiger partial charge >= 0.3 is 12.1 Å². The van der Waals surface area contributed by atoms with E-state index in [1.807, 2.05) is 48.5 Å². The summed E-state index contributed by atoms with van der Waals surface area (Å²) < 4.78 is 7.04. The van der Waals surface area contributed by atoms with Crippen molar-refractivity contribution in [1.82, 2.24) is 20.4 Å². The van der Waals surface area contributed by atoms with E-state index in [4.69, 9.17) is 9.84 Å². The molecule has 0 spiro atoms. The molecular formula is C25H26N4O6. The molecule has 1 aliphatic carbocycles. The zero-order valence-corrected chi connectivity index (χ0v) is 19.0. The van der Waals surface area contributed by atoms with Crippen LogP contribution in [0.4, 0.5) is 4.79 Å².